The number of hydrogen-bond acceptors (Lipinski definition) is 2. The monoisotopic (exact) mass is 305 g/mol. The smallest absolute Gasteiger partial charge is 0.254 e. The highest BCUT2D eigenvalue weighted by molar-refractivity contribution is 5.97. The number of hydrogen-bond donors (Lipinski definition) is 0. The zero-order valence-electron chi connectivity index (χ0n) is 21.2. The maximum absolute atomic E-state index is 13.6. The quantitative estimate of drug-likeness (QED) is 0.796. The van der Waals surface area contributed by atoms with Crippen LogP contribution in [0.2, 0.25) is 0 Å². The van der Waals surface area contributed by atoms with E-state index in [1.165, 1.54) is 0 Å². The van der Waals surface area contributed by atoms with Gasteiger partial charge in [0.1, 0.15) is 0 Å². The summed E-state index contributed by atoms with van der Waals surface area (Å²) in [5.74, 6) is -3.82. The second-order valence-electron chi connectivity index (χ2n) is 6.32. The third-order valence-electron chi connectivity index (χ3n) is 5.05. The highest BCUT2D eigenvalue weighted by atomic mass is 16.2. The Balaban J connectivity index is 1.74. The van der Waals surface area contributed by atoms with Gasteiger partial charge in [0.2, 0.25) is 0 Å². The fourth-order valence-electron chi connectivity index (χ4n) is 3.98. The van der Waals surface area contributed by atoms with E-state index in [4.69, 9.17) is 12.3 Å². The summed E-state index contributed by atoms with van der Waals surface area (Å²) in [6, 6.07) is 3.36. The molecule has 6 rings (SSSR count). The number of amides is 1. The zero-order valence-corrected chi connectivity index (χ0v) is 12.2. The van der Waals surface area contributed by atoms with Crippen LogP contribution in [0.15, 0.2) is 18.2 Å². The van der Waals surface area contributed by atoms with Crippen molar-refractivity contribution in [2.45, 2.75) is 44.0 Å². The molecule has 4 atom stereocenters. The molecule has 1 aliphatic carbocycles. The molecule has 3 nitrogen and oxygen atoms in total. The van der Waals surface area contributed by atoms with Gasteiger partial charge in [-0.25, -0.2) is 0 Å². The van der Waals surface area contributed by atoms with Crippen molar-refractivity contribution in [2.24, 2.45) is 5.89 Å². The minimum absolute atomic E-state index is 0.186. The van der Waals surface area contributed by atoms with Crippen LogP contribution in [0.25, 0.3) is 0 Å². The highest BCUT2D eigenvalue weighted by Crippen LogP contribution is 2.41. The molecule has 1 aromatic rings. The van der Waals surface area contributed by atoms with Gasteiger partial charge >= 0.3 is 0 Å². The topological polar surface area (TPSA) is 23.6 Å². The van der Waals surface area contributed by atoms with E-state index in [1.807, 2.05) is 6.07 Å². The number of nitrogens with zero attached hydrogens (tertiary/aromatic N) is 2. The lowest BCUT2D eigenvalue weighted by atomic mass is 9.75. The molecule has 3 heteroatoms. The Morgan fingerprint density at radius 2 is 2.23 bits per heavy atom. The minimum Gasteiger partial charge on any atom is -0.333 e. The number of fused-ring (bicyclic) bond motifs is 3. The van der Waals surface area contributed by atoms with Crippen molar-refractivity contribution in [3.05, 3.63) is 34.9 Å². The molecule has 4 aliphatic heterocycles. The van der Waals surface area contributed by atoms with Crippen LogP contribution in [0.4, 0.5) is 0 Å². The van der Waals surface area contributed by atoms with E-state index in [1.54, 1.807) is 12.1 Å². The Hall–Kier alpha value is -1.35. The van der Waals surface area contributed by atoms with Gasteiger partial charge in [0.05, 0.1) is 2.74 Å². The van der Waals surface area contributed by atoms with E-state index in [0.717, 1.165) is 21.8 Å². The summed E-state index contributed by atoms with van der Waals surface area (Å²) in [5, 5.41) is 0. The molecule has 5 aliphatic rings. The van der Waals surface area contributed by atoms with Crippen LogP contribution < -0.4 is 0 Å². The van der Waals surface area contributed by atoms with Crippen molar-refractivity contribution in [3.63, 3.8) is 0 Å². The first-order chi connectivity index (χ1) is 14.2. The first-order valence-corrected chi connectivity index (χ1v) is 7.94. The summed E-state index contributed by atoms with van der Waals surface area (Å²) < 4.78 is 77.6. The van der Waals surface area contributed by atoms with E-state index < -0.39 is 49.6 Å². The summed E-state index contributed by atoms with van der Waals surface area (Å²) in [6.45, 7) is -7.92. The second-order valence-corrected chi connectivity index (χ2v) is 6.32. The van der Waals surface area contributed by atoms with Gasteiger partial charge in [-0.05, 0) is 68.2 Å². The number of carbonyl (C=O) groups excluding carboxylic acids is 1. The fraction of sp³-hybridized carbons (Fsp3) is 0.632. The molecule has 0 saturated carbocycles. The average molecular weight is 305 g/mol. The van der Waals surface area contributed by atoms with Crippen molar-refractivity contribution in [1.29, 1.82) is 0 Å². The normalized spacial score (nSPS) is 54.9. The van der Waals surface area contributed by atoms with Crippen LogP contribution in [-0.2, 0) is 6.42 Å². The first-order valence-electron chi connectivity index (χ1n) is 12.4. The highest BCUT2D eigenvalue weighted by Gasteiger charge is 2.43. The molecular weight excluding hydrogens is 272 g/mol. The summed E-state index contributed by atoms with van der Waals surface area (Å²) >= 11 is 0. The van der Waals surface area contributed by atoms with Crippen molar-refractivity contribution in [2.75, 3.05) is 26.0 Å². The Morgan fingerprint density at radius 1 is 1.27 bits per heavy atom. The first kappa shape index (κ1) is 7.04. The summed E-state index contributed by atoms with van der Waals surface area (Å²) in [4.78, 5) is 15.1. The van der Waals surface area contributed by atoms with Gasteiger partial charge < -0.3 is 9.80 Å². The standard InChI is InChI=1S/C19H24N2O/c22-19-16-6-2-4-14-3-1-5-15(18(14)16)11-21(19)17-12-20-9-7-13(17)8-10-20/h2,4,6,13,15,17H,1,3,5,7-12H2/t15-,17-/m1/s1/i7D2,9D2,11D2,12D2,13D/t13-,15+,17+/m0. The number of rotatable bonds is 1. The van der Waals surface area contributed by atoms with E-state index in [-0.39, 0.29) is 18.5 Å². The van der Waals surface area contributed by atoms with Gasteiger partial charge in [-0.15, -0.1) is 0 Å². The van der Waals surface area contributed by atoms with Gasteiger partial charge in [-0.3, -0.25) is 4.79 Å². The lowest BCUT2D eigenvalue weighted by Gasteiger charge is -2.51. The van der Waals surface area contributed by atoms with E-state index in [9.17, 15) is 4.79 Å². The average Bonchev–Trinajstić information content (AvgIpc) is 2.66. The molecule has 0 spiro atoms. The Morgan fingerprint density at radius 3 is 3.18 bits per heavy atom. The van der Waals surface area contributed by atoms with Crippen LogP contribution in [0, 0.1) is 5.89 Å². The largest absolute Gasteiger partial charge is 0.333 e. The molecule has 116 valence electrons. The molecule has 22 heavy (non-hydrogen) atoms. The molecule has 0 radical (unpaired) electrons. The molecule has 1 aromatic carbocycles. The van der Waals surface area contributed by atoms with Crippen molar-refractivity contribution < 1.29 is 17.1 Å². The van der Waals surface area contributed by atoms with Crippen molar-refractivity contribution >= 4 is 5.91 Å². The van der Waals surface area contributed by atoms with E-state index in [2.05, 4.69) is 0 Å². The Kier molecular flexibility index (Phi) is 1.54. The summed E-state index contributed by atoms with van der Waals surface area (Å²) in [6.07, 6.45) is -1.13. The van der Waals surface area contributed by atoms with Gasteiger partial charge in [-0.1, -0.05) is 12.1 Å². The molecule has 3 fully saturated rings. The third-order valence-corrected chi connectivity index (χ3v) is 5.05. The van der Waals surface area contributed by atoms with E-state index >= 15 is 0 Å². The number of benzene rings is 1. The van der Waals surface area contributed by atoms with Crippen LogP contribution in [-0.4, -0.2) is 47.8 Å². The Labute approximate surface area is 144 Å². The molecular formula is C19H24N2O. The second kappa shape index (κ2) is 4.82. The van der Waals surface area contributed by atoms with Crippen molar-refractivity contribution in [1.82, 2.24) is 9.80 Å². The van der Waals surface area contributed by atoms with Gasteiger partial charge in [0, 0.05) is 40.1 Å². The Bertz CT molecular complexity index is 981. The molecule has 2 bridgehead atoms. The minimum atomic E-state index is -2.82. The molecule has 0 N–H and O–H groups in total. The molecule has 0 aromatic heterocycles. The van der Waals surface area contributed by atoms with Gasteiger partial charge in [0.25, 0.3) is 5.91 Å². The maximum atomic E-state index is 13.6. The van der Waals surface area contributed by atoms with E-state index in [0.29, 0.717) is 18.4 Å². The van der Waals surface area contributed by atoms with Crippen LogP contribution in [0.3, 0.4) is 0 Å². The van der Waals surface area contributed by atoms with Crippen LogP contribution >= 0.6 is 0 Å². The summed E-state index contributed by atoms with van der Waals surface area (Å²) in [5.41, 5.74) is 1.81. The number of piperidine rings is 3. The molecule has 1 amide bonds. The van der Waals surface area contributed by atoms with Gasteiger partial charge in [0.15, 0.2) is 0 Å². The predicted octanol–water partition coefficient (Wildman–Crippen LogP) is 2.66. The summed E-state index contributed by atoms with van der Waals surface area (Å²) in [7, 11) is 0. The fourth-order valence-corrected chi connectivity index (χ4v) is 3.98. The zero-order chi connectivity index (χ0) is 22.8. The lowest BCUT2D eigenvalue weighted by Crippen LogP contribution is -2.60. The number of carbonyl (C=O) groups is 1. The third kappa shape index (κ3) is 1.81. The molecule has 4 heterocycles. The van der Waals surface area contributed by atoms with Gasteiger partial charge in [-0.2, -0.15) is 0 Å². The lowest BCUT2D eigenvalue weighted by molar-refractivity contribution is 0.00258. The maximum Gasteiger partial charge on any atom is 0.254 e. The molecule has 3 saturated heterocycles. The van der Waals surface area contributed by atoms with Crippen LogP contribution in [0.1, 0.15) is 65.4 Å². The van der Waals surface area contributed by atoms with Crippen molar-refractivity contribution in [3.8, 4) is 0 Å². The molecule has 1 unspecified atom stereocenters. The SMILES string of the molecule is [2H]C1([2H])[C@H]2CCCc3cccc(c32)C(=O)N1[C@@H]1C([2H])([2H])N2CC[C@]1([2H])C([2H])([2H])C2([2H])[2H]. The number of aryl methyl sites for hydroxylation is 1. The predicted molar refractivity (Wildman–Crippen MR) is 86.1 cm³/mol. The van der Waals surface area contributed by atoms with Crippen LogP contribution in [0.5, 0.6) is 0 Å².